The Hall–Kier alpha value is -1.59. The van der Waals surface area contributed by atoms with Crippen LogP contribution in [0.5, 0.6) is 11.5 Å². The van der Waals surface area contributed by atoms with E-state index in [2.05, 4.69) is 23.3 Å². The highest BCUT2D eigenvalue weighted by Crippen LogP contribution is 2.42. The maximum atomic E-state index is 6.13. The molecule has 0 radical (unpaired) electrons. The summed E-state index contributed by atoms with van der Waals surface area (Å²) in [6.07, 6.45) is 2.88. The maximum absolute atomic E-state index is 6.13. The summed E-state index contributed by atoms with van der Waals surface area (Å²) in [4.78, 5) is 5.33. The van der Waals surface area contributed by atoms with Crippen molar-refractivity contribution >= 4 is 11.3 Å². The Morgan fingerprint density at radius 2 is 2.40 bits per heavy atom. The molecule has 0 fully saturated rings. The topological polar surface area (TPSA) is 43.4 Å². The molecular formula is C15H18N2O2S. The lowest BCUT2D eigenvalue weighted by atomic mass is 9.95. The largest absolute Gasteiger partial charge is 0.497 e. The second-order valence-electron chi connectivity index (χ2n) is 4.76. The highest BCUT2D eigenvalue weighted by atomic mass is 32.1. The molecule has 2 heterocycles. The molecule has 1 aliphatic rings. The zero-order valence-corrected chi connectivity index (χ0v) is 12.4. The number of methoxy groups -OCH3 is 1. The number of aromatic nitrogens is 1. The summed E-state index contributed by atoms with van der Waals surface area (Å²) >= 11 is 1.64. The predicted octanol–water partition coefficient (Wildman–Crippen LogP) is 3.33. The number of ether oxygens (including phenoxy) is 2. The smallest absolute Gasteiger partial charge is 0.136 e. The van der Waals surface area contributed by atoms with Crippen molar-refractivity contribution in [2.75, 3.05) is 13.7 Å². The van der Waals surface area contributed by atoms with Gasteiger partial charge in [0.05, 0.1) is 17.5 Å². The lowest BCUT2D eigenvalue weighted by Crippen LogP contribution is -2.28. The average Bonchev–Trinajstić information content (AvgIpc) is 3.01. The SMILES string of the molecule is CCNC1CC(c2cncs2)Oc2ccc(OC)cc21. The Balaban J connectivity index is 1.94. The second kappa shape index (κ2) is 5.81. The van der Waals surface area contributed by atoms with Crippen LogP contribution in [0.1, 0.15) is 35.9 Å². The van der Waals surface area contributed by atoms with Crippen LogP contribution in [0.2, 0.25) is 0 Å². The van der Waals surface area contributed by atoms with Crippen LogP contribution in [0, 0.1) is 0 Å². The molecule has 2 atom stereocenters. The van der Waals surface area contributed by atoms with Crippen molar-refractivity contribution in [2.45, 2.75) is 25.5 Å². The molecule has 1 aromatic carbocycles. The highest BCUT2D eigenvalue weighted by molar-refractivity contribution is 7.09. The first-order valence-electron chi connectivity index (χ1n) is 6.78. The molecule has 4 nitrogen and oxygen atoms in total. The van der Waals surface area contributed by atoms with Crippen molar-refractivity contribution in [3.63, 3.8) is 0 Å². The van der Waals surface area contributed by atoms with Crippen LogP contribution in [0.25, 0.3) is 0 Å². The van der Waals surface area contributed by atoms with Crippen LogP contribution in [-0.2, 0) is 0 Å². The minimum atomic E-state index is 0.0763. The average molecular weight is 290 g/mol. The van der Waals surface area contributed by atoms with E-state index in [1.165, 1.54) is 10.4 Å². The lowest BCUT2D eigenvalue weighted by molar-refractivity contribution is 0.154. The molecule has 0 saturated carbocycles. The van der Waals surface area contributed by atoms with Crippen molar-refractivity contribution in [3.8, 4) is 11.5 Å². The van der Waals surface area contributed by atoms with Crippen LogP contribution in [-0.4, -0.2) is 18.6 Å². The third-order valence-electron chi connectivity index (χ3n) is 3.53. The third kappa shape index (κ3) is 2.51. The van der Waals surface area contributed by atoms with E-state index in [1.807, 2.05) is 23.8 Å². The molecular weight excluding hydrogens is 272 g/mol. The first-order chi connectivity index (χ1) is 9.81. The molecule has 1 aliphatic heterocycles. The van der Waals surface area contributed by atoms with E-state index < -0.39 is 0 Å². The fraction of sp³-hybridized carbons (Fsp3) is 0.400. The number of fused-ring (bicyclic) bond motifs is 1. The van der Waals surface area contributed by atoms with Crippen LogP contribution >= 0.6 is 11.3 Å². The molecule has 1 N–H and O–H groups in total. The normalized spacial score (nSPS) is 21.1. The Kier molecular flexibility index (Phi) is 3.89. The monoisotopic (exact) mass is 290 g/mol. The fourth-order valence-corrected chi connectivity index (χ4v) is 3.24. The van der Waals surface area contributed by atoms with Crippen LogP contribution in [0.15, 0.2) is 29.9 Å². The molecule has 0 bridgehead atoms. The Morgan fingerprint density at radius 1 is 1.50 bits per heavy atom. The van der Waals surface area contributed by atoms with Gasteiger partial charge in [0, 0.05) is 24.2 Å². The first kappa shape index (κ1) is 13.4. The van der Waals surface area contributed by atoms with Crippen molar-refractivity contribution < 1.29 is 9.47 Å². The maximum Gasteiger partial charge on any atom is 0.136 e. The van der Waals surface area contributed by atoms with Crippen molar-refractivity contribution in [2.24, 2.45) is 0 Å². The van der Waals surface area contributed by atoms with Gasteiger partial charge in [-0.3, -0.25) is 4.98 Å². The minimum Gasteiger partial charge on any atom is -0.497 e. The standard InChI is InChI=1S/C15H18N2O2S/c1-3-17-12-7-14(15-8-16-9-20-15)19-13-5-4-10(18-2)6-11(12)13/h4-6,8-9,12,14,17H,3,7H2,1-2H3. The summed E-state index contributed by atoms with van der Waals surface area (Å²) in [6, 6.07) is 6.28. The van der Waals surface area contributed by atoms with E-state index in [-0.39, 0.29) is 12.1 Å². The molecule has 1 aromatic heterocycles. The van der Waals surface area contributed by atoms with E-state index in [1.54, 1.807) is 18.4 Å². The molecule has 3 rings (SSSR count). The van der Waals surface area contributed by atoms with Crippen molar-refractivity contribution in [1.82, 2.24) is 10.3 Å². The van der Waals surface area contributed by atoms with Crippen molar-refractivity contribution in [3.05, 3.63) is 40.3 Å². The summed E-state index contributed by atoms with van der Waals surface area (Å²) in [6.45, 7) is 3.05. The molecule has 20 heavy (non-hydrogen) atoms. The Morgan fingerprint density at radius 3 is 3.10 bits per heavy atom. The van der Waals surface area contributed by atoms with Gasteiger partial charge in [-0.05, 0) is 24.7 Å². The Bertz CT molecular complexity index is 571. The summed E-state index contributed by atoms with van der Waals surface area (Å²) in [5.74, 6) is 1.80. The van der Waals surface area contributed by atoms with Crippen LogP contribution < -0.4 is 14.8 Å². The molecule has 0 saturated heterocycles. The predicted molar refractivity (Wildman–Crippen MR) is 79.5 cm³/mol. The number of nitrogens with one attached hydrogen (secondary N) is 1. The number of hydrogen-bond donors (Lipinski definition) is 1. The van der Waals surface area contributed by atoms with Gasteiger partial charge in [-0.2, -0.15) is 0 Å². The molecule has 5 heteroatoms. The number of hydrogen-bond acceptors (Lipinski definition) is 5. The van der Waals surface area contributed by atoms with Gasteiger partial charge in [-0.1, -0.05) is 6.92 Å². The van der Waals surface area contributed by atoms with Gasteiger partial charge in [0.15, 0.2) is 0 Å². The van der Waals surface area contributed by atoms with Gasteiger partial charge in [0.25, 0.3) is 0 Å². The van der Waals surface area contributed by atoms with E-state index in [0.29, 0.717) is 0 Å². The van der Waals surface area contributed by atoms with Crippen molar-refractivity contribution in [1.29, 1.82) is 0 Å². The molecule has 2 aromatic rings. The van der Waals surface area contributed by atoms with Gasteiger partial charge in [-0.15, -0.1) is 11.3 Å². The van der Waals surface area contributed by atoms with Gasteiger partial charge in [0.2, 0.25) is 0 Å². The molecule has 0 spiro atoms. The van der Waals surface area contributed by atoms with Gasteiger partial charge < -0.3 is 14.8 Å². The number of nitrogens with zero attached hydrogens (tertiary/aromatic N) is 1. The summed E-state index contributed by atoms with van der Waals surface area (Å²) in [7, 11) is 1.69. The van der Waals surface area contributed by atoms with Crippen LogP contribution in [0.3, 0.4) is 0 Å². The number of rotatable bonds is 4. The first-order valence-corrected chi connectivity index (χ1v) is 7.66. The third-order valence-corrected chi connectivity index (χ3v) is 4.40. The van der Waals surface area contributed by atoms with E-state index in [4.69, 9.17) is 9.47 Å². The Labute approximate surface area is 122 Å². The quantitative estimate of drug-likeness (QED) is 0.938. The summed E-state index contributed by atoms with van der Waals surface area (Å²) in [5.41, 5.74) is 3.02. The summed E-state index contributed by atoms with van der Waals surface area (Å²) in [5, 5.41) is 3.53. The number of thiazole rings is 1. The molecule has 0 amide bonds. The zero-order valence-electron chi connectivity index (χ0n) is 11.6. The molecule has 106 valence electrons. The number of benzene rings is 1. The molecule has 2 unspecified atom stereocenters. The fourth-order valence-electron chi connectivity index (χ4n) is 2.57. The highest BCUT2D eigenvalue weighted by Gasteiger charge is 2.30. The van der Waals surface area contributed by atoms with Gasteiger partial charge >= 0.3 is 0 Å². The lowest BCUT2D eigenvalue weighted by Gasteiger charge is -2.32. The summed E-state index contributed by atoms with van der Waals surface area (Å²) < 4.78 is 11.4. The van der Waals surface area contributed by atoms with Gasteiger partial charge in [0.1, 0.15) is 17.6 Å². The van der Waals surface area contributed by atoms with E-state index in [0.717, 1.165) is 24.5 Å². The molecule has 0 aliphatic carbocycles. The second-order valence-corrected chi connectivity index (χ2v) is 5.68. The van der Waals surface area contributed by atoms with Crippen LogP contribution in [0.4, 0.5) is 0 Å². The zero-order chi connectivity index (χ0) is 13.9. The minimum absolute atomic E-state index is 0.0763. The van der Waals surface area contributed by atoms with E-state index >= 15 is 0 Å². The van der Waals surface area contributed by atoms with E-state index in [9.17, 15) is 0 Å². The van der Waals surface area contributed by atoms with Gasteiger partial charge in [-0.25, -0.2) is 0 Å².